The van der Waals surface area contributed by atoms with Gasteiger partial charge in [-0.1, -0.05) is 35.5 Å². The topological polar surface area (TPSA) is 92.8 Å². The number of nitriles is 1. The maximum atomic E-state index is 12.3. The maximum Gasteiger partial charge on any atom is 0.234 e. The molecular formula is C21H18ClN5O2S. The highest BCUT2D eigenvalue weighted by Crippen LogP contribution is 2.20. The number of benzene rings is 2. The average Bonchev–Trinajstić information content (AvgIpc) is 3.14. The fraction of sp³-hybridized carbons (Fsp3) is 0.143. The summed E-state index contributed by atoms with van der Waals surface area (Å²) in [5, 5.41) is 21.3. The molecule has 152 valence electrons. The summed E-state index contributed by atoms with van der Waals surface area (Å²) in [4.78, 5) is 12.3. The van der Waals surface area contributed by atoms with Crippen LogP contribution < -0.4 is 10.1 Å². The zero-order valence-electron chi connectivity index (χ0n) is 15.9. The Morgan fingerprint density at radius 2 is 2.10 bits per heavy atom. The van der Waals surface area contributed by atoms with Gasteiger partial charge in [0, 0.05) is 17.3 Å². The van der Waals surface area contributed by atoms with Crippen LogP contribution in [0, 0.1) is 11.3 Å². The Labute approximate surface area is 183 Å². The van der Waals surface area contributed by atoms with Gasteiger partial charge < -0.3 is 10.1 Å². The number of amides is 1. The van der Waals surface area contributed by atoms with E-state index in [-0.39, 0.29) is 18.3 Å². The van der Waals surface area contributed by atoms with E-state index in [1.54, 1.807) is 54.6 Å². The Hall–Kier alpha value is -3.28. The smallest absolute Gasteiger partial charge is 0.234 e. The molecule has 0 aliphatic rings. The summed E-state index contributed by atoms with van der Waals surface area (Å²) < 4.78 is 7.59. The minimum absolute atomic E-state index is 0.143. The Morgan fingerprint density at radius 1 is 1.30 bits per heavy atom. The van der Waals surface area contributed by atoms with Crippen LogP contribution in [0.3, 0.4) is 0 Å². The van der Waals surface area contributed by atoms with Crippen molar-refractivity contribution in [2.45, 2.75) is 18.3 Å². The van der Waals surface area contributed by atoms with E-state index in [1.165, 1.54) is 11.8 Å². The zero-order valence-corrected chi connectivity index (χ0v) is 17.5. The number of ether oxygens (including phenoxy) is 1. The number of nitrogens with zero attached hydrogens (tertiary/aromatic N) is 4. The normalized spacial score (nSPS) is 10.3. The lowest BCUT2D eigenvalue weighted by molar-refractivity contribution is -0.113. The van der Waals surface area contributed by atoms with Crippen LogP contribution in [0.4, 0.5) is 5.69 Å². The molecule has 1 N–H and O–H groups in total. The molecule has 9 heteroatoms. The fourth-order valence-corrected chi connectivity index (χ4v) is 3.41. The summed E-state index contributed by atoms with van der Waals surface area (Å²) in [7, 11) is 0. The van der Waals surface area contributed by atoms with Gasteiger partial charge in [-0.05, 0) is 42.5 Å². The largest absolute Gasteiger partial charge is 0.486 e. The highest BCUT2D eigenvalue weighted by molar-refractivity contribution is 7.99. The molecule has 1 amide bonds. The minimum Gasteiger partial charge on any atom is -0.486 e. The van der Waals surface area contributed by atoms with Crippen molar-refractivity contribution in [3.8, 4) is 11.8 Å². The second-order valence-corrected chi connectivity index (χ2v) is 7.45. The van der Waals surface area contributed by atoms with Crippen molar-refractivity contribution in [3.63, 3.8) is 0 Å². The highest BCUT2D eigenvalue weighted by atomic mass is 35.5. The van der Waals surface area contributed by atoms with Gasteiger partial charge in [0.05, 0.1) is 17.4 Å². The molecule has 0 fully saturated rings. The van der Waals surface area contributed by atoms with Gasteiger partial charge in [0.25, 0.3) is 0 Å². The maximum absolute atomic E-state index is 12.3. The van der Waals surface area contributed by atoms with Gasteiger partial charge in [-0.3, -0.25) is 9.36 Å². The third-order valence-electron chi connectivity index (χ3n) is 3.89. The first-order chi connectivity index (χ1) is 14.6. The molecule has 0 aliphatic carbocycles. The van der Waals surface area contributed by atoms with Gasteiger partial charge in [0.1, 0.15) is 12.4 Å². The lowest BCUT2D eigenvalue weighted by Crippen LogP contribution is -2.15. The molecule has 0 unspecified atom stereocenters. The van der Waals surface area contributed by atoms with E-state index in [2.05, 4.69) is 22.1 Å². The standard InChI is InChI=1S/C21H18ClN5O2S/c1-2-10-27-19(13-29-18-8-6-16(22)7-9-18)25-26-21(27)30-14-20(28)24-17-5-3-4-15(11-17)12-23/h2-9,11H,1,10,13-14H2,(H,24,28). The number of allylic oxidation sites excluding steroid dienone is 1. The Balaban J connectivity index is 1.61. The molecule has 0 bridgehead atoms. The summed E-state index contributed by atoms with van der Waals surface area (Å²) in [6.45, 7) is 4.47. The molecule has 3 rings (SSSR count). The molecule has 0 radical (unpaired) electrons. The predicted octanol–water partition coefficient (Wildman–Crippen LogP) is 4.30. The van der Waals surface area contributed by atoms with E-state index in [0.717, 1.165) is 0 Å². The Bertz CT molecular complexity index is 1080. The number of thioether (sulfide) groups is 1. The fourth-order valence-electron chi connectivity index (χ4n) is 2.52. The molecule has 30 heavy (non-hydrogen) atoms. The summed E-state index contributed by atoms with van der Waals surface area (Å²) in [5.41, 5.74) is 1.06. The van der Waals surface area contributed by atoms with Crippen molar-refractivity contribution >= 4 is 35.0 Å². The van der Waals surface area contributed by atoms with E-state index in [4.69, 9.17) is 21.6 Å². The SMILES string of the molecule is C=CCn1c(COc2ccc(Cl)cc2)nnc1SCC(=O)Nc1cccc(C#N)c1. The van der Waals surface area contributed by atoms with Crippen LogP contribution in [-0.4, -0.2) is 26.4 Å². The number of carbonyl (C=O) groups excluding carboxylic acids is 1. The van der Waals surface area contributed by atoms with Crippen molar-refractivity contribution < 1.29 is 9.53 Å². The number of carbonyl (C=O) groups is 1. The summed E-state index contributed by atoms with van der Waals surface area (Å²) in [6.07, 6.45) is 1.73. The molecule has 0 saturated carbocycles. The Morgan fingerprint density at radius 3 is 2.83 bits per heavy atom. The quantitative estimate of drug-likeness (QED) is 0.394. The molecule has 1 heterocycles. The minimum atomic E-state index is -0.206. The molecule has 7 nitrogen and oxygen atoms in total. The van der Waals surface area contributed by atoms with Crippen LogP contribution in [0.2, 0.25) is 5.02 Å². The summed E-state index contributed by atoms with van der Waals surface area (Å²) in [5.74, 6) is 1.22. The molecule has 3 aromatic rings. The average molecular weight is 440 g/mol. The highest BCUT2D eigenvalue weighted by Gasteiger charge is 2.14. The number of aromatic nitrogens is 3. The molecule has 0 saturated heterocycles. The van der Waals surface area contributed by atoms with Crippen molar-refractivity contribution in [1.29, 1.82) is 5.26 Å². The van der Waals surface area contributed by atoms with E-state index in [0.29, 0.717) is 39.5 Å². The number of halogens is 1. The van der Waals surface area contributed by atoms with Crippen molar-refractivity contribution in [1.82, 2.24) is 14.8 Å². The third kappa shape index (κ3) is 5.86. The molecule has 0 atom stereocenters. The molecule has 0 aliphatic heterocycles. The van der Waals surface area contributed by atoms with E-state index in [1.807, 2.05) is 10.6 Å². The third-order valence-corrected chi connectivity index (χ3v) is 5.11. The number of rotatable bonds is 9. The summed E-state index contributed by atoms with van der Waals surface area (Å²) in [6, 6.07) is 15.8. The van der Waals surface area contributed by atoms with Crippen molar-refractivity contribution in [2.75, 3.05) is 11.1 Å². The van der Waals surface area contributed by atoms with Crippen molar-refractivity contribution in [2.24, 2.45) is 0 Å². The van der Waals surface area contributed by atoms with Gasteiger partial charge >= 0.3 is 0 Å². The van der Waals surface area contributed by atoms with Crippen LogP contribution >= 0.6 is 23.4 Å². The lowest BCUT2D eigenvalue weighted by atomic mass is 10.2. The predicted molar refractivity (Wildman–Crippen MR) is 117 cm³/mol. The first-order valence-corrected chi connectivity index (χ1v) is 10.3. The van der Waals surface area contributed by atoms with Crippen molar-refractivity contribution in [3.05, 3.63) is 77.6 Å². The lowest BCUT2D eigenvalue weighted by Gasteiger charge is -2.09. The van der Waals surface area contributed by atoms with Gasteiger partial charge in [0.2, 0.25) is 5.91 Å². The molecule has 0 spiro atoms. The molecule has 1 aromatic heterocycles. The zero-order chi connectivity index (χ0) is 21.3. The van der Waals surface area contributed by atoms with Crippen LogP contribution in [0.15, 0.2) is 66.3 Å². The van der Waals surface area contributed by atoms with E-state index >= 15 is 0 Å². The van der Waals surface area contributed by atoms with Crippen LogP contribution in [-0.2, 0) is 17.9 Å². The second-order valence-electron chi connectivity index (χ2n) is 6.07. The van der Waals surface area contributed by atoms with Gasteiger partial charge in [0.15, 0.2) is 11.0 Å². The van der Waals surface area contributed by atoms with E-state index in [9.17, 15) is 4.79 Å². The van der Waals surface area contributed by atoms with Crippen LogP contribution in [0.1, 0.15) is 11.4 Å². The van der Waals surface area contributed by atoms with Crippen LogP contribution in [0.25, 0.3) is 0 Å². The Kier molecular flexibility index (Phi) is 7.49. The second kappa shape index (κ2) is 10.5. The number of hydrogen-bond acceptors (Lipinski definition) is 6. The van der Waals surface area contributed by atoms with Crippen LogP contribution in [0.5, 0.6) is 5.75 Å². The number of anilines is 1. The first-order valence-electron chi connectivity index (χ1n) is 8.93. The number of hydrogen-bond donors (Lipinski definition) is 1. The van der Waals surface area contributed by atoms with Gasteiger partial charge in [-0.15, -0.1) is 16.8 Å². The molecular weight excluding hydrogens is 422 g/mol. The summed E-state index contributed by atoms with van der Waals surface area (Å²) >= 11 is 7.14. The molecule has 2 aromatic carbocycles. The van der Waals surface area contributed by atoms with Gasteiger partial charge in [-0.25, -0.2) is 0 Å². The number of nitrogens with one attached hydrogen (secondary N) is 1. The van der Waals surface area contributed by atoms with E-state index < -0.39 is 0 Å². The van der Waals surface area contributed by atoms with Gasteiger partial charge in [-0.2, -0.15) is 5.26 Å². The monoisotopic (exact) mass is 439 g/mol. The first kappa shape index (κ1) is 21.4.